The first-order valence-electron chi connectivity index (χ1n) is 9.54. The number of nitrogens with one attached hydrogen (secondary N) is 1. The number of amides is 1. The van der Waals surface area contributed by atoms with Crippen molar-refractivity contribution in [2.45, 2.75) is 32.2 Å². The molecule has 0 saturated carbocycles. The molecule has 3 rings (SSSR count). The molecular formula is C21H23N3O5S2. The molecule has 4 N–H and O–H groups in total. The molecule has 0 aliphatic heterocycles. The summed E-state index contributed by atoms with van der Waals surface area (Å²) in [5.41, 5.74) is 2.51. The minimum atomic E-state index is -4.09. The van der Waals surface area contributed by atoms with Crippen molar-refractivity contribution in [1.82, 2.24) is 10.3 Å². The number of thiazole rings is 1. The van der Waals surface area contributed by atoms with E-state index >= 15 is 0 Å². The largest absolute Gasteiger partial charge is 0.508 e. The van der Waals surface area contributed by atoms with Crippen LogP contribution in [0.25, 0.3) is 0 Å². The third-order valence-corrected chi connectivity index (χ3v) is 5.85. The van der Waals surface area contributed by atoms with Crippen molar-refractivity contribution in [3.63, 3.8) is 0 Å². The van der Waals surface area contributed by atoms with Gasteiger partial charge in [0.15, 0.2) is 0 Å². The normalized spacial score (nSPS) is 12.3. The highest BCUT2D eigenvalue weighted by atomic mass is 32.2. The molecule has 2 aromatic carbocycles. The molecule has 0 saturated heterocycles. The summed E-state index contributed by atoms with van der Waals surface area (Å²) in [6, 6.07) is 12.6. The lowest BCUT2D eigenvalue weighted by Gasteiger charge is -2.17. The van der Waals surface area contributed by atoms with Crippen molar-refractivity contribution >= 4 is 27.5 Å². The fraction of sp³-hybridized carbons (Fsp3) is 0.238. The monoisotopic (exact) mass is 461 g/mol. The maximum atomic E-state index is 12.7. The van der Waals surface area contributed by atoms with Gasteiger partial charge in [-0.05, 0) is 48.2 Å². The van der Waals surface area contributed by atoms with Crippen LogP contribution in [-0.2, 0) is 34.4 Å². The Hall–Kier alpha value is -2.95. The first kappa shape index (κ1) is 22.7. The minimum absolute atomic E-state index is 0.108. The Morgan fingerprint density at radius 2 is 1.97 bits per heavy atom. The number of aromatic nitrogens is 1. The molecule has 1 heterocycles. The van der Waals surface area contributed by atoms with Gasteiger partial charge in [0.1, 0.15) is 16.5 Å². The van der Waals surface area contributed by atoms with Crippen molar-refractivity contribution < 1.29 is 22.5 Å². The first-order valence-corrected chi connectivity index (χ1v) is 11.9. The van der Waals surface area contributed by atoms with Crippen molar-refractivity contribution in [2.75, 3.05) is 0 Å². The summed E-state index contributed by atoms with van der Waals surface area (Å²) in [5, 5.41) is 20.3. The standard InChI is InChI=1S/C21H23N3O5S2/c1-2-16-13-30-21(23-16)19(24-20(26)12-15-4-3-5-17(25)10-15)11-14-6-8-18(9-7-14)29-31(22,27)28/h3-10,13,19,25H,2,11-12H2,1H3,(H,24,26)(H2,22,27,28)/t19-/m0/s1. The van der Waals surface area contributed by atoms with Gasteiger partial charge in [-0.2, -0.15) is 13.6 Å². The van der Waals surface area contributed by atoms with E-state index < -0.39 is 10.3 Å². The fourth-order valence-electron chi connectivity index (χ4n) is 2.99. The predicted molar refractivity (Wildman–Crippen MR) is 118 cm³/mol. The summed E-state index contributed by atoms with van der Waals surface area (Å²) < 4.78 is 26.8. The number of carbonyl (C=O) groups is 1. The zero-order chi connectivity index (χ0) is 22.4. The number of benzene rings is 2. The van der Waals surface area contributed by atoms with Gasteiger partial charge in [0.05, 0.1) is 18.2 Å². The van der Waals surface area contributed by atoms with E-state index in [-0.39, 0.29) is 29.9 Å². The number of nitrogens with two attached hydrogens (primary N) is 1. The molecule has 8 nitrogen and oxygen atoms in total. The third kappa shape index (κ3) is 7.06. The Bertz CT molecular complexity index is 1140. The number of carbonyl (C=O) groups excluding carboxylic acids is 1. The van der Waals surface area contributed by atoms with Crippen LogP contribution in [0.2, 0.25) is 0 Å². The Balaban J connectivity index is 1.75. The summed E-state index contributed by atoms with van der Waals surface area (Å²) in [5.74, 6) is 0.0208. The third-order valence-electron chi connectivity index (χ3n) is 4.42. The van der Waals surface area contributed by atoms with E-state index in [2.05, 4.69) is 14.5 Å². The molecule has 0 aliphatic rings. The molecule has 0 spiro atoms. The highest BCUT2D eigenvalue weighted by Crippen LogP contribution is 2.24. The van der Waals surface area contributed by atoms with Crippen molar-refractivity contribution in [3.05, 3.63) is 75.7 Å². The van der Waals surface area contributed by atoms with Crippen LogP contribution < -0.4 is 14.6 Å². The fourth-order valence-corrected chi connectivity index (χ4v) is 4.33. The molecule has 0 radical (unpaired) electrons. The van der Waals surface area contributed by atoms with Gasteiger partial charge in [-0.15, -0.1) is 11.3 Å². The van der Waals surface area contributed by atoms with Gasteiger partial charge in [0.25, 0.3) is 0 Å². The second-order valence-corrected chi connectivity index (χ2v) is 8.96. The summed E-state index contributed by atoms with van der Waals surface area (Å²) in [4.78, 5) is 17.3. The lowest BCUT2D eigenvalue weighted by atomic mass is 10.1. The summed E-state index contributed by atoms with van der Waals surface area (Å²) in [7, 11) is -4.09. The van der Waals surface area contributed by atoms with Crippen molar-refractivity contribution in [3.8, 4) is 11.5 Å². The van der Waals surface area contributed by atoms with Gasteiger partial charge in [-0.3, -0.25) is 4.79 Å². The summed E-state index contributed by atoms with van der Waals surface area (Å²) >= 11 is 1.48. The number of phenols is 1. The van der Waals surface area contributed by atoms with Crippen molar-refractivity contribution in [2.24, 2.45) is 5.14 Å². The molecule has 0 fully saturated rings. The molecule has 10 heteroatoms. The van der Waals surface area contributed by atoms with Gasteiger partial charge in [-0.1, -0.05) is 31.2 Å². The number of aromatic hydroxyl groups is 1. The predicted octanol–water partition coefficient (Wildman–Crippen LogP) is 2.64. The number of hydrogen-bond acceptors (Lipinski definition) is 7. The van der Waals surface area contributed by atoms with Crippen LogP contribution >= 0.6 is 11.3 Å². The van der Waals surface area contributed by atoms with Crippen LogP contribution in [-0.4, -0.2) is 24.4 Å². The molecule has 1 amide bonds. The zero-order valence-corrected chi connectivity index (χ0v) is 18.4. The highest BCUT2D eigenvalue weighted by molar-refractivity contribution is 7.84. The number of nitrogens with zero attached hydrogens (tertiary/aromatic N) is 1. The van der Waals surface area contributed by atoms with Crippen LogP contribution in [0.1, 0.15) is 34.8 Å². The number of aryl methyl sites for hydroxylation is 1. The van der Waals surface area contributed by atoms with E-state index in [1.165, 1.54) is 23.5 Å². The molecular weight excluding hydrogens is 438 g/mol. The molecule has 31 heavy (non-hydrogen) atoms. The molecule has 1 atom stereocenters. The second-order valence-electron chi connectivity index (χ2n) is 6.92. The minimum Gasteiger partial charge on any atom is -0.508 e. The van der Waals surface area contributed by atoms with Crippen LogP contribution in [0.5, 0.6) is 11.5 Å². The highest BCUT2D eigenvalue weighted by Gasteiger charge is 2.19. The average molecular weight is 462 g/mol. The Morgan fingerprint density at radius 1 is 1.23 bits per heavy atom. The van der Waals surface area contributed by atoms with E-state index in [9.17, 15) is 18.3 Å². The zero-order valence-electron chi connectivity index (χ0n) is 16.8. The molecule has 1 aromatic heterocycles. The van der Waals surface area contributed by atoms with Gasteiger partial charge < -0.3 is 14.6 Å². The van der Waals surface area contributed by atoms with Crippen LogP contribution in [0.4, 0.5) is 0 Å². The molecule has 0 unspecified atom stereocenters. The smallest absolute Gasteiger partial charge is 0.380 e. The topological polar surface area (TPSA) is 132 Å². The molecule has 3 aromatic rings. The summed E-state index contributed by atoms with van der Waals surface area (Å²) in [6.45, 7) is 2.01. The van der Waals surface area contributed by atoms with Crippen molar-refractivity contribution in [1.29, 1.82) is 0 Å². The van der Waals surface area contributed by atoms with E-state index in [1.807, 2.05) is 12.3 Å². The van der Waals surface area contributed by atoms with Gasteiger partial charge in [0, 0.05) is 5.38 Å². The molecule has 0 aliphatic carbocycles. The Kier molecular flexibility index (Phi) is 7.26. The van der Waals surface area contributed by atoms with Gasteiger partial charge in [-0.25, -0.2) is 4.98 Å². The quantitative estimate of drug-likeness (QED) is 0.449. The number of phenolic OH excluding ortho intramolecular Hbond substituents is 1. The van der Waals surface area contributed by atoms with E-state index in [0.717, 1.165) is 22.7 Å². The van der Waals surface area contributed by atoms with E-state index in [0.29, 0.717) is 12.0 Å². The summed E-state index contributed by atoms with van der Waals surface area (Å²) in [6.07, 6.45) is 1.37. The van der Waals surface area contributed by atoms with Crippen LogP contribution in [0.3, 0.4) is 0 Å². The SMILES string of the molecule is CCc1csc([C@H](Cc2ccc(OS(N)(=O)=O)cc2)NC(=O)Cc2cccc(O)c2)n1. The Morgan fingerprint density at radius 3 is 2.58 bits per heavy atom. The van der Waals surface area contributed by atoms with E-state index in [1.54, 1.807) is 36.4 Å². The lowest BCUT2D eigenvalue weighted by molar-refractivity contribution is -0.121. The number of rotatable bonds is 9. The van der Waals surface area contributed by atoms with E-state index in [4.69, 9.17) is 5.14 Å². The maximum absolute atomic E-state index is 12.7. The van der Waals surface area contributed by atoms with Crippen LogP contribution in [0.15, 0.2) is 53.9 Å². The van der Waals surface area contributed by atoms with Gasteiger partial charge >= 0.3 is 10.3 Å². The van der Waals surface area contributed by atoms with Crippen LogP contribution in [0, 0.1) is 0 Å². The van der Waals surface area contributed by atoms with Gasteiger partial charge in [0.2, 0.25) is 5.91 Å². The first-order chi connectivity index (χ1) is 14.7. The molecule has 164 valence electrons. The molecule has 0 bridgehead atoms. The Labute approximate surface area is 185 Å². The maximum Gasteiger partial charge on any atom is 0.380 e. The lowest BCUT2D eigenvalue weighted by Crippen LogP contribution is -2.31. The second kappa shape index (κ2) is 9.90. The number of hydrogen-bond donors (Lipinski definition) is 3. The average Bonchev–Trinajstić information content (AvgIpc) is 3.17.